The summed E-state index contributed by atoms with van der Waals surface area (Å²) in [5.41, 5.74) is 0.792. The molecule has 0 N–H and O–H groups in total. The van der Waals surface area contributed by atoms with E-state index in [4.69, 9.17) is 9.15 Å². The number of oxazole rings is 1. The molecule has 5 nitrogen and oxygen atoms in total. The molecule has 0 fully saturated rings. The summed E-state index contributed by atoms with van der Waals surface area (Å²) in [7, 11) is 1.28. The van der Waals surface area contributed by atoms with Crippen LogP contribution in [0.4, 0.5) is 4.39 Å². The van der Waals surface area contributed by atoms with E-state index in [9.17, 15) is 9.18 Å². The van der Waals surface area contributed by atoms with Gasteiger partial charge in [0.15, 0.2) is 5.69 Å². The van der Waals surface area contributed by atoms with Crippen molar-refractivity contribution < 1.29 is 23.1 Å². The summed E-state index contributed by atoms with van der Waals surface area (Å²) >= 11 is 0. The SMILES string of the molecule is COC(=O)c1coc(-c2ccc(Oc3ccc(F)cc3)cc2)n1.c1ccccc1. The Hall–Kier alpha value is -3.93. The van der Waals surface area contributed by atoms with Gasteiger partial charge in [0.25, 0.3) is 0 Å². The van der Waals surface area contributed by atoms with Crippen LogP contribution in [0.3, 0.4) is 0 Å². The molecule has 4 rings (SSSR count). The lowest BCUT2D eigenvalue weighted by Crippen LogP contribution is -2.00. The highest BCUT2D eigenvalue weighted by Crippen LogP contribution is 2.25. The average Bonchev–Trinajstić information content (AvgIpc) is 3.27. The van der Waals surface area contributed by atoms with E-state index in [0.29, 0.717) is 23.0 Å². The maximum Gasteiger partial charge on any atom is 0.360 e. The lowest BCUT2D eigenvalue weighted by molar-refractivity contribution is 0.0594. The molecule has 0 aliphatic carbocycles. The fourth-order valence-corrected chi connectivity index (χ4v) is 2.29. The second-order valence-corrected chi connectivity index (χ2v) is 5.76. The predicted molar refractivity (Wildman–Crippen MR) is 106 cm³/mol. The normalized spacial score (nSPS) is 9.86. The van der Waals surface area contributed by atoms with Crippen molar-refractivity contribution >= 4 is 5.97 Å². The number of benzene rings is 3. The Balaban J connectivity index is 0.000000343. The Morgan fingerprint density at radius 2 is 1.38 bits per heavy atom. The van der Waals surface area contributed by atoms with Gasteiger partial charge >= 0.3 is 5.97 Å². The summed E-state index contributed by atoms with van der Waals surface area (Å²) in [5, 5.41) is 0. The Kier molecular flexibility index (Phi) is 6.73. The van der Waals surface area contributed by atoms with E-state index in [0.717, 1.165) is 0 Å². The minimum Gasteiger partial charge on any atom is -0.464 e. The monoisotopic (exact) mass is 391 g/mol. The number of nitrogens with zero attached hydrogens (tertiary/aromatic N) is 1. The molecule has 0 amide bonds. The van der Waals surface area contributed by atoms with Gasteiger partial charge in [0.2, 0.25) is 5.89 Å². The molecule has 0 aliphatic rings. The van der Waals surface area contributed by atoms with E-state index in [1.54, 1.807) is 36.4 Å². The minimum absolute atomic E-state index is 0.106. The van der Waals surface area contributed by atoms with Crippen LogP contribution >= 0.6 is 0 Å². The van der Waals surface area contributed by atoms with Crippen molar-refractivity contribution in [3.05, 3.63) is 103 Å². The third-order valence-electron chi connectivity index (χ3n) is 3.72. The summed E-state index contributed by atoms with van der Waals surface area (Å²) in [6.45, 7) is 0. The Bertz CT molecular complexity index is 1000. The molecule has 0 unspecified atom stereocenters. The summed E-state index contributed by atoms with van der Waals surface area (Å²) in [4.78, 5) is 15.4. The van der Waals surface area contributed by atoms with Crippen LogP contribution in [0, 0.1) is 5.82 Å². The quantitative estimate of drug-likeness (QED) is 0.415. The van der Waals surface area contributed by atoms with Crippen molar-refractivity contribution in [3.8, 4) is 23.0 Å². The van der Waals surface area contributed by atoms with Crippen molar-refractivity contribution in [2.24, 2.45) is 0 Å². The van der Waals surface area contributed by atoms with Gasteiger partial charge in [-0.05, 0) is 48.5 Å². The highest BCUT2D eigenvalue weighted by Gasteiger charge is 2.13. The number of esters is 1. The van der Waals surface area contributed by atoms with E-state index in [1.807, 2.05) is 36.4 Å². The molecule has 1 heterocycles. The van der Waals surface area contributed by atoms with Crippen LogP contribution in [0.25, 0.3) is 11.5 Å². The van der Waals surface area contributed by atoms with Gasteiger partial charge in [-0.25, -0.2) is 14.2 Å². The van der Waals surface area contributed by atoms with Gasteiger partial charge in [-0.15, -0.1) is 0 Å². The van der Waals surface area contributed by atoms with Crippen molar-refractivity contribution in [1.82, 2.24) is 4.98 Å². The lowest BCUT2D eigenvalue weighted by Gasteiger charge is -2.05. The molecule has 146 valence electrons. The maximum absolute atomic E-state index is 12.8. The number of methoxy groups -OCH3 is 1. The van der Waals surface area contributed by atoms with Gasteiger partial charge in [-0.3, -0.25) is 0 Å². The highest BCUT2D eigenvalue weighted by atomic mass is 19.1. The van der Waals surface area contributed by atoms with Crippen molar-refractivity contribution in [2.45, 2.75) is 0 Å². The smallest absolute Gasteiger partial charge is 0.360 e. The summed E-state index contributed by atoms with van der Waals surface area (Å²) in [5.74, 6) is 0.538. The summed E-state index contributed by atoms with van der Waals surface area (Å²) in [6.07, 6.45) is 1.24. The van der Waals surface area contributed by atoms with Crippen LogP contribution < -0.4 is 4.74 Å². The Labute approximate surface area is 167 Å². The van der Waals surface area contributed by atoms with E-state index in [2.05, 4.69) is 9.72 Å². The fourth-order valence-electron chi connectivity index (χ4n) is 2.29. The van der Waals surface area contributed by atoms with Gasteiger partial charge in [0.05, 0.1) is 7.11 Å². The first-order chi connectivity index (χ1) is 14.2. The topological polar surface area (TPSA) is 61.6 Å². The van der Waals surface area contributed by atoms with E-state index >= 15 is 0 Å². The average molecular weight is 391 g/mol. The number of halogens is 1. The largest absolute Gasteiger partial charge is 0.464 e. The molecule has 0 atom stereocenters. The highest BCUT2D eigenvalue weighted by molar-refractivity contribution is 5.87. The van der Waals surface area contributed by atoms with Gasteiger partial charge in [0, 0.05) is 5.56 Å². The van der Waals surface area contributed by atoms with Crippen LogP contribution in [0.15, 0.2) is 95.6 Å². The molecule has 0 saturated carbocycles. The molecule has 0 saturated heterocycles. The van der Waals surface area contributed by atoms with Crippen LogP contribution in [0.5, 0.6) is 11.5 Å². The number of ether oxygens (including phenoxy) is 2. The number of carbonyl (C=O) groups excluding carboxylic acids is 1. The van der Waals surface area contributed by atoms with Crippen LogP contribution in [-0.4, -0.2) is 18.1 Å². The van der Waals surface area contributed by atoms with Gasteiger partial charge in [-0.2, -0.15) is 0 Å². The van der Waals surface area contributed by atoms with E-state index in [1.165, 1.54) is 25.5 Å². The Morgan fingerprint density at radius 3 is 1.90 bits per heavy atom. The third-order valence-corrected chi connectivity index (χ3v) is 3.72. The van der Waals surface area contributed by atoms with Crippen molar-refractivity contribution in [2.75, 3.05) is 7.11 Å². The molecule has 0 spiro atoms. The van der Waals surface area contributed by atoms with Crippen LogP contribution in [-0.2, 0) is 4.74 Å². The molecule has 0 bridgehead atoms. The van der Waals surface area contributed by atoms with Crippen molar-refractivity contribution in [1.29, 1.82) is 0 Å². The van der Waals surface area contributed by atoms with E-state index in [-0.39, 0.29) is 11.5 Å². The molecule has 3 aromatic carbocycles. The van der Waals surface area contributed by atoms with Crippen LogP contribution in [0.2, 0.25) is 0 Å². The molecule has 0 radical (unpaired) electrons. The first kappa shape index (κ1) is 19.8. The number of hydrogen-bond donors (Lipinski definition) is 0. The standard InChI is InChI=1S/C17H12FNO4.C6H6/c1-21-17(20)15-10-22-16(19-15)11-2-6-13(7-3-11)23-14-8-4-12(18)5-9-14;1-2-4-6-5-3-1/h2-10H,1H3;1-6H. The lowest BCUT2D eigenvalue weighted by atomic mass is 10.2. The molecule has 1 aromatic heterocycles. The predicted octanol–water partition coefficient (Wildman–Crippen LogP) is 5.75. The number of aromatic nitrogens is 1. The molecule has 29 heavy (non-hydrogen) atoms. The summed E-state index contributed by atoms with van der Waals surface area (Å²) in [6, 6.07) is 24.7. The second kappa shape index (κ2) is 9.85. The van der Waals surface area contributed by atoms with Crippen LogP contribution in [0.1, 0.15) is 10.5 Å². The molecule has 0 aliphatic heterocycles. The molecular weight excluding hydrogens is 373 g/mol. The first-order valence-corrected chi connectivity index (χ1v) is 8.73. The molecule has 4 aromatic rings. The Morgan fingerprint density at radius 1 is 0.862 bits per heavy atom. The second-order valence-electron chi connectivity index (χ2n) is 5.76. The zero-order chi connectivity index (χ0) is 20.5. The number of carbonyl (C=O) groups is 1. The molecular formula is C23H18FNO4. The third kappa shape index (κ3) is 5.77. The maximum atomic E-state index is 12.8. The van der Waals surface area contributed by atoms with Gasteiger partial charge in [0.1, 0.15) is 23.6 Å². The first-order valence-electron chi connectivity index (χ1n) is 8.73. The minimum atomic E-state index is -0.559. The fraction of sp³-hybridized carbons (Fsp3) is 0.0435. The zero-order valence-corrected chi connectivity index (χ0v) is 15.6. The van der Waals surface area contributed by atoms with E-state index < -0.39 is 5.97 Å². The van der Waals surface area contributed by atoms with Gasteiger partial charge < -0.3 is 13.9 Å². The number of hydrogen-bond acceptors (Lipinski definition) is 5. The number of rotatable bonds is 4. The zero-order valence-electron chi connectivity index (χ0n) is 15.6. The van der Waals surface area contributed by atoms with Gasteiger partial charge in [-0.1, -0.05) is 36.4 Å². The molecule has 6 heteroatoms. The van der Waals surface area contributed by atoms with Crippen molar-refractivity contribution in [3.63, 3.8) is 0 Å². The summed E-state index contributed by atoms with van der Waals surface area (Å²) < 4.78 is 28.3.